The molecule has 1 aromatic rings. The van der Waals surface area contributed by atoms with Gasteiger partial charge >= 0.3 is 5.97 Å². The second-order valence-corrected chi connectivity index (χ2v) is 4.84. The molecule has 104 valence electrons. The maximum atomic E-state index is 12.0. The Hall–Kier alpha value is -1.40. The molecule has 0 heterocycles. The highest BCUT2D eigenvalue weighted by molar-refractivity contribution is 9.10. The Kier molecular flexibility index (Phi) is 5.98. The first-order chi connectivity index (χ1) is 8.95. The third kappa shape index (κ3) is 4.65. The smallest absolute Gasteiger partial charge is 0.303 e. The van der Waals surface area contributed by atoms with E-state index in [1.807, 2.05) is 19.1 Å². The molecule has 0 aliphatic rings. The number of nitrogens with zero attached hydrogens (tertiary/aromatic N) is 1. The van der Waals surface area contributed by atoms with Crippen LogP contribution in [-0.2, 0) is 14.3 Å². The van der Waals surface area contributed by atoms with E-state index in [0.29, 0.717) is 5.69 Å². The van der Waals surface area contributed by atoms with Gasteiger partial charge in [0, 0.05) is 23.6 Å². The number of carbonyl (C=O) groups is 2. The van der Waals surface area contributed by atoms with Crippen molar-refractivity contribution >= 4 is 33.5 Å². The van der Waals surface area contributed by atoms with Crippen LogP contribution in [0.3, 0.4) is 0 Å². The zero-order chi connectivity index (χ0) is 14.4. The Balaban J connectivity index is 2.89. The van der Waals surface area contributed by atoms with Gasteiger partial charge in [0.2, 0.25) is 0 Å². The quantitative estimate of drug-likeness (QED) is 0.834. The molecule has 19 heavy (non-hydrogen) atoms. The molecule has 1 amide bonds. The zero-order valence-electron chi connectivity index (χ0n) is 10.9. The van der Waals surface area contributed by atoms with Gasteiger partial charge in [-0.2, -0.15) is 0 Å². The molecule has 0 unspecified atom stereocenters. The van der Waals surface area contributed by atoms with E-state index in [0.717, 1.165) is 10.0 Å². The Bertz CT molecular complexity index is 476. The fourth-order valence-electron chi connectivity index (χ4n) is 1.54. The highest BCUT2D eigenvalue weighted by atomic mass is 79.9. The van der Waals surface area contributed by atoms with E-state index < -0.39 is 5.97 Å². The van der Waals surface area contributed by atoms with Gasteiger partial charge in [-0.25, -0.2) is 0 Å². The number of ether oxygens (including phenoxy) is 1. The van der Waals surface area contributed by atoms with Crippen molar-refractivity contribution in [3.05, 3.63) is 28.2 Å². The largest absolute Gasteiger partial charge is 0.456 e. The fraction of sp³-hybridized carbons (Fsp3) is 0.385. The lowest BCUT2D eigenvalue weighted by Crippen LogP contribution is -2.36. The van der Waals surface area contributed by atoms with Crippen LogP contribution in [0.2, 0.25) is 0 Å². The van der Waals surface area contributed by atoms with Crippen LogP contribution in [0.1, 0.15) is 12.5 Å². The number of amides is 1. The average Bonchev–Trinajstić information content (AvgIpc) is 2.36. The lowest BCUT2D eigenvalue weighted by atomic mass is 10.2. The van der Waals surface area contributed by atoms with Gasteiger partial charge in [0.15, 0.2) is 6.61 Å². The number of benzene rings is 1. The molecule has 6 heteroatoms. The van der Waals surface area contributed by atoms with Gasteiger partial charge < -0.3 is 14.7 Å². The number of aliphatic hydroxyl groups is 1. The summed E-state index contributed by atoms with van der Waals surface area (Å²) >= 11 is 3.38. The lowest BCUT2D eigenvalue weighted by molar-refractivity contribution is -0.145. The van der Waals surface area contributed by atoms with E-state index in [9.17, 15) is 9.59 Å². The van der Waals surface area contributed by atoms with E-state index in [1.54, 1.807) is 6.07 Å². The topological polar surface area (TPSA) is 66.8 Å². The maximum Gasteiger partial charge on any atom is 0.303 e. The van der Waals surface area contributed by atoms with Crippen molar-refractivity contribution in [3.8, 4) is 0 Å². The second kappa shape index (κ2) is 7.25. The van der Waals surface area contributed by atoms with Crippen molar-refractivity contribution in [2.24, 2.45) is 0 Å². The Morgan fingerprint density at radius 3 is 2.63 bits per heavy atom. The second-order valence-electron chi connectivity index (χ2n) is 3.98. The molecule has 0 aliphatic heterocycles. The number of anilines is 1. The van der Waals surface area contributed by atoms with Crippen LogP contribution in [0, 0.1) is 6.92 Å². The highest BCUT2D eigenvalue weighted by Crippen LogP contribution is 2.23. The molecule has 0 aliphatic carbocycles. The molecular formula is C13H16BrNO4. The van der Waals surface area contributed by atoms with Gasteiger partial charge in [0.05, 0.1) is 6.61 Å². The maximum absolute atomic E-state index is 12.0. The molecule has 5 nitrogen and oxygen atoms in total. The molecule has 0 radical (unpaired) electrons. The molecule has 1 N–H and O–H groups in total. The monoisotopic (exact) mass is 329 g/mol. The van der Waals surface area contributed by atoms with E-state index in [-0.39, 0.29) is 25.7 Å². The van der Waals surface area contributed by atoms with Crippen LogP contribution in [0.4, 0.5) is 5.69 Å². The summed E-state index contributed by atoms with van der Waals surface area (Å²) in [6.07, 6.45) is 0. The first kappa shape index (κ1) is 15.7. The van der Waals surface area contributed by atoms with Gasteiger partial charge in [0.1, 0.15) is 0 Å². The van der Waals surface area contributed by atoms with Crippen LogP contribution >= 0.6 is 15.9 Å². The Morgan fingerprint density at radius 1 is 1.42 bits per heavy atom. The summed E-state index contributed by atoms with van der Waals surface area (Å²) in [5.74, 6) is -0.879. The van der Waals surface area contributed by atoms with Gasteiger partial charge in [-0.1, -0.05) is 15.9 Å². The van der Waals surface area contributed by atoms with E-state index in [2.05, 4.69) is 20.7 Å². The van der Waals surface area contributed by atoms with Crippen molar-refractivity contribution in [2.75, 3.05) is 24.7 Å². The number of carbonyl (C=O) groups excluding carboxylic acids is 2. The van der Waals surface area contributed by atoms with Gasteiger partial charge in [0.25, 0.3) is 5.91 Å². The minimum Gasteiger partial charge on any atom is -0.456 e. The van der Waals surface area contributed by atoms with Crippen LogP contribution in [0.15, 0.2) is 22.7 Å². The molecule has 0 atom stereocenters. The molecule has 1 rings (SSSR count). The van der Waals surface area contributed by atoms with Crippen molar-refractivity contribution in [3.63, 3.8) is 0 Å². The summed E-state index contributed by atoms with van der Waals surface area (Å²) in [6, 6.07) is 5.41. The molecule has 0 spiro atoms. The summed E-state index contributed by atoms with van der Waals surface area (Å²) in [5, 5.41) is 9.04. The van der Waals surface area contributed by atoms with Crippen LogP contribution < -0.4 is 4.90 Å². The molecule has 0 fully saturated rings. The number of esters is 1. The van der Waals surface area contributed by atoms with Gasteiger partial charge in [-0.3, -0.25) is 9.59 Å². The summed E-state index contributed by atoms with van der Waals surface area (Å²) < 4.78 is 5.62. The molecular weight excluding hydrogens is 314 g/mol. The van der Waals surface area contributed by atoms with Crippen molar-refractivity contribution in [2.45, 2.75) is 13.8 Å². The SMILES string of the molecule is CC(=O)OCC(=O)N(CCO)c1ccc(Br)c(C)c1. The Morgan fingerprint density at radius 2 is 2.11 bits per heavy atom. The first-order valence-electron chi connectivity index (χ1n) is 5.76. The summed E-state index contributed by atoms with van der Waals surface area (Å²) in [4.78, 5) is 24.1. The van der Waals surface area contributed by atoms with Crippen LogP contribution in [0.5, 0.6) is 0 Å². The normalized spacial score (nSPS) is 10.1. The highest BCUT2D eigenvalue weighted by Gasteiger charge is 2.16. The van der Waals surface area contributed by atoms with Crippen molar-refractivity contribution in [1.82, 2.24) is 0 Å². The van der Waals surface area contributed by atoms with E-state index in [4.69, 9.17) is 5.11 Å². The number of hydrogen-bond donors (Lipinski definition) is 1. The molecule has 1 aromatic carbocycles. The molecule has 0 saturated heterocycles. The fourth-order valence-corrected chi connectivity index (χ4v) is 1.78. The molecule has 0 aromatic heterocycles. The van der Waals surface area contributed by atoms with Crippen LogP contribution in [-0.4, -0.2) is 36.7 Å². The zero-order valence-corrected chi connectivity index (χ0v) is 12.4. The van der Waals surface area contributed by atoms with Crippen LogP contribution in [0.25, 0.3) is 0 Å². The van der Waals surface area contributed by atoms with Gasteiger partial charge in [-0.15, -0.1) is 0 Å². The lowest BCUT2D eigenvalue weighted by Gasteiger charge is -2.22. The van der Waals surface area contributed by atoms with E-state index in [1.165, 1.54) is 11.8 Å². The number of hydrogen-bond acceptors (Lipinski definition) is 4. The number of aryl methyl sites for hydroxylation is 1. The van der Waals surface area contributed by atoms with Gasteiger partial charge in [-0.05, 0) is 30.7 Å². The van der Waals surface area contributed by atoms with Crippen molar-refractivity contribution < 1.29 is 19.4 Å². The summed E-state index contributed by atoms with van der Waals surface area (Å²) in [5.41, 5.74) is 1.63. The summed E-state index contributed by atoms with van der Waals surface area (Å²) in [7, 11) is 0. The predicted molar refractivity (Wildman–Crippen MR) is 75.0 cm³/mol. The first-order valence-corrected chi connectivity index (χ1v) is 6.55. The Labute approximate surface area is 120 Å². The minimum atomic E-state index is -0.510. The third-order valence-electron chi connectivity index (χ3n) is 2.48. The molecule has 0 bridgehead atoms. The number of aliphatic hydroxyl groups excluding tert-OH is 1. The standard InChI is InChI=1S/C13H16BrNO4/c1-9-7-11(3-4-12(9)14)15(5-6-16)13(18)8-19-10(2)17/h3-4,7,16H,5-6,8H2,1-2H3. The van der Waals surface area contributed by atoms with Crippen molar-refractivity contribution in [1.29, 1.82) is 0 Å². The average molecular weight is 330 g/mol. The predicted octanol–water partition coefficient (Wildman–Crippen LogP) is 1.65. The summed E-state index contributed by atoms with van der Waals surface area (Å²) in [6.45, 7) is 2.81. The third-order valence-corrected chi connectivity index (χ3v) is 3.37. The minimum absolute atomic E-state index is 0.154. The van der Waals surface area contributed by atoms with E-state index >= 15 is 0 Å². The number of rotatable bonds is 5. The molecule has 0 saturated carbocycles. The number of halogens is 1.